The number of rotatable bonds is 4. The highest BCUT2D eigenvalue weighted by atomic mass is 35.5. The molecule has 0 amide bonds. The first-order chi connectivity index (χ1) is 10.1. The van der Waals surface area contributed by atoms with Crippen molar-refractivity contribution in [3.05, 3.63) is 24.0 Å². The first-order valence-corrected chi connectivity index (χ1v) is 9.94. The second kappa shape index (κ2) is 7.31. The predicted octanol–water partition coefficient (Wildman–Crippen LogP) is 0.601. The van der Waals surface area contributed by atoms with Crippen LogP contribution in [0.25, 0.3) is 0 Å². The van der Waals surface area contributed by atoms with Gasteiger partial charge in [0.25, 0.3) is 0 Å². The van der Waals surface area contributed by atoms with Gasteiger partial charge in [0, 0.05) is 25.7 Å². The molecule has 1 aromatic rings. The Balaban J connectivity index is 0.00000264. The van der Waals surface area contributed by atoms with Crippen LogP contribution in [0.5, 0.6) is 0 Å². The van der Waals surface area contributed by atoms with E-state index in [1.807, 2.05) is 4.72 Å². The van der Waals surface area contributed by atoms with Crippen molar-refractivity contribution in [2.75, 3.05) is 30.6 Å². The van der Waals surface area contributed by atoms with E-state index in [0.29, 0.717) is 19.6 Å². The molecule has 0 bridgehead atoms. The van der Waals surface area contributed by atoms with Crippen LogP contribution in [0.3, 0.4) is 0 Å². The Kier molecular flexibility index (Phi) is 6.39. The molecule has 1 atom stereocenters. The normalized spacial score (nSPS) is 19.9. The van der Waals surface area contributed by atoms with Gasteiger partial charge in [0.15, 0.2) is 0 Å². The Bertz CT molecular complexity index is 771. The molecule has 1 aliphatic rings. The Hall–Kier alpha value is -0.940. The van der Waals surface area contributed by atoms with Crippen molar-refractivity contribution < 1.29 is 21.2 Å². The van der Waals surface area contributed by atoms with E-state index in [0.717, 1.165) is 18.4 Å². The van der Waals surface area contributed by atoms with Crippen molar-refractivity contribution in [1.82, 2.24) is 9.62 Å². The zero-order valence-electron chi connectivity index (χ0n) is 12.6. The number of nitrogens with one attached hydrogen (secondary N) is 2. The SMILES string of the molecule is CC1CNCCN1S(=O)(=O)c1ccc(NS(C)(=O)=O)c(F)c1.Cl. The summed E-state index contributed by atoms with van der Waals surface area (Å²) in [5, 5.41) is 3.08. The van der Waals surface area contributed by atoms with E-state index in [4.69, 9.17) is 0 Å². The summed E-state index contributed by atoms with van der Waals surface area (Å²) in [4.78, 5) is -0.196. The molecule has 1 fully saturated rings. The van der Waals surface area contributed by atoms with Crippen molar-refractivity contribution in [3.63, 3.8) is 0 Å². The number of hydrogen-bond acceptors (Lipinski definition) is 5. The van der Waals surface area contributed by atoms with E-state index in [1.54, 1.807) is 6.92 Å². The molecule has 1 heterocycles. The molecule has 132 valence electrons. The molecule has 2 rings (SSSR count). The van der Waals surface area contributed by atoms with Gasteiger partial charge in [-0.3, -0.25) is 4.72 Å². The second-order valence-corrected chi connectivity index (χ2v) is 8.82. The maximum absolute atomic E-state index is 14.0. The van der Waals surface area contributed by atoms with Gasteiger partial charge in [0.1, 0.15) is 5.82 Å². The van der Waals surface area contributed by atoms with Gasteiger partial charge in [0.05, 0.1) is 16.8 Å². The van der Waals surface area contributed by atoms with Gasteiger partial charge >= 0.3 is 0 Å². The van der Waals surface area contributed by atoms with Gasteiger partial charge in [-0.05, 0) is 25.1 Å². The summed E-state index contributed by atoms with van der Waals surface area (Å²) in [5.41, 5.74) is -0.283. The minimum Gasteiger partial charge on any atom is -0.314 e. The van der Waals surface area contributed by atoms with Crippen LogP contribution in [-0.2, 0) is 20.0 Å². The third-order valence-electron chi connectivity index (χ3n) is 3.28. The summed E-state index contributed by atoms with van der Waals surface area (Å²) in [6, 6.07) is 2.89. The van der Waals surface area contributed by atoms with E-state index in [9.17, 15) is 21.2 Å². The quantitative estimate of drug-likeness (QED) is 0.788. The number of sulfonamides is 2. The first-order valence-electron chi connectivity index (χ1n) is 6.61. The molecule has 11 heteroatoms. The van der Waals surface area contributed by atoms with Crippen LogP contribution in [-0.4, -0.2) is 53.1 Å². The van der Waals surface area contributed by atoms with E-state index < -0.39 is 25.9 Å². The zero-order valence-corrected chi connectivity index (χ0v) is 15.1. The van der Waals surface area contributed by atoms with Crippen LogP contribution in [0.4, 0.5) is 10.1 Å². The minimum absolute atomic E-state index is 0. The van der Waals surface area contributed by atoms with Crippen molar-refractivity contribution in [3.8, 4) is 0 Å². The summed E-state index contributed by atoms with van der Waals surface area (Å²) in [5.74, 6) is -0.936. The predicted molar refractivity (Wildman–Crippen MR) is 88.3 cm³/mol. The minimum atomic E-state index is -3.82. The lowest BCUT2D eigenvalue weighted by molar-refractivity contribution is 0.284. The van der Waals surface area contributed by atoms with E-state index in [1.165, 1.54) is 10.4 Å². The molecule has 0 saturated carbocycles. The highest BCUT2D eigenvalue weighted by molar-refractivity contribution is 7.92. The maximum atomic E-state index is 14.0. The number of piperazine rings is 1. The molecule has 1 aromatic carbocycles. The molecular weight excluding hydrogens is 369 g/mol. The molecule has 0 radical (unpaired) electrons. The van der Waals surface area contributed by atoms with Crippen molar-refractivity contribution in [2.45, 2.75) is 17.9 Å². The highest BCUT2D eigenvalue weighted by Crippen LogP contribution is 2.24. The number of benzene rings is 1. The average molecular weight is 388 g/mol. The Morgan fingerprint density at radius 3 is 2.48 bits per heavy atom. The summed E-state index contributed by atoms with van der Waals surface area (Å²) in [6.07, 6.45) is 0.888. The Morgan fingerprint density at radius 2 is 1.96 bits per heavy atom. The van der Waals surface area contributed by atoms with Gasteiger partial charge in [-0.15, -0.1) is 12.4 Å². The van der Waals surface area contributed by atoms with Crippen LogP contribution in [0.2, 0.25) is 0 Å². The average Bonchev–Trinajstić information content (AvgIpc) is 2.40. The van der Waals surface area contributed by atoms with E-state index >= 15 is 0 Å². The molecule has 0 aromatic heterocycles. The second-order valence-electron chi connectivity index (χ2n) is 5.18. The van der Waals surface area contributed by atoms with Gasteiger partial charge < -0.3 is 5.32 Å². The molecule has 2 N–H and O–H groups in total. The van der Waals surface area contributed by atoms with Crippen molar-refractivity contribution in [2.24, 2.45) is 0 Å². The fourth-order valence-electron chi connectivity index (χ4n) is 2.25. The molecule has 0 aliphatic carbocycles. The lowest BCUT2D eigenvalue weighted by Gasteiger charge is -2.32. The maximum Gasteiger partial charge on any atom is 0.243 e. The molecular formula is C12H19ClFN3O4S2. The summed E-state index contributed by atoms with van der Waals surface area (Å²) in [6.45, 7) is 3.11. The monoisotopic (exact) mass is 387 g/mol. The lowest BCUT2D eigenvalue weighted by atomic mass is 10.3. The third-order valence-corrected chi connectivity index (χ3v) is 5.88. The summed E-state index contributed by atoms with van der Waals surface area (Å²) >= 11 is 0. The third kappa shape index (κ3) is 4.77. The Morgan fingerprint density at radius 1 is 1.30 bits per heavy atom. The molecule has 1 saturated heterocycles. The van der Waals surface area contributed by atoms with Gasteiger partial charge in [-0.2, -0.15) is 4.31 Å². The standard InChI is InChI=1S/C12H18FN3O4S2.ClH/c1-9-8-14-5-6-16(9)22(19,20)10-3-4-12(11(13)7-10)15-21(2,17)18;/h3-4,7,9,14-15H,5-6,8H2,1-2H3;1H. The zero-order chi connectivity index (χ0) is 16.5. The fraction of sp³-hybridized carbons (Fsp3) is 0.500. The van der Waals surface area contributed by atoms with Crippen LogP contribution in [0.1, 0.15) is 6.92 Å². The Labute approximate surface area is 141 Å². The first kappa shape index (κ1) is 20.1. The topological polar surface area (TPSA) is 95.6 Å². The van der Waals surface area contributed by atoms with Crippen molar-refractivity contribution in [1.29, 1.82) is 0 Å². The smallest absolute Gasteiger partial charge is 0.243 e. The largest absolute Gasteiger partial charge is 0.314 e. The highest BCUT2D eigenvalue weighted by Gasteiger charge is 2.31. The lowest BCUT2D eigenvalue weighted by Crippen LogP contribution is -2.52. The molecule has 1 unspecified atom stereocenters. The number of halogens is 2. The van der Waals surface area contributed by atoms with Crippen LogP contribution >= 0.6 is 12.4 Å². The molecule has 7 nitrogen and oxygen atoms in total. The van der Waals surface area contributed by atoms with Gasteiger partial charge in [-0.25, -0.2) is 21.2 Å². The molecule has 1 aliphatic heterocycles. The van der Waals surface area contributed by atoms with Gasteiger partial charge in [0.2, 0.25) is 20.0 Å². The van der Waals surface area contributed by atoms with E-state index in [-0.39, 0.29) is 29.0 Å². The van der Waals surface area contributed by atoms with Crippen molar-refractivity contribution >= 4 is 38.1 Å². The van der Waals surface area contributed by atoms with Gasteiger partial charge in [-0.1, -0.05) is 0 Å². The number of anilines is 1. The summed E-state index contributed by atoms with van der Waals surface area (Å²) in [7, 11) is -7.45. The van der Waals surface area contributed by atoms with Crippen LogP contribution in [0.15, 0.2) is 23.1 Å². The fourth-order valence-corrected chi connectivity index (χ4v) is 4.46. The molecule has 23 heavy (non-hydrogen) atoms. The molecule has 0 spiro atoms. The number of nitrogens with zero attached hydrogens (tertiary/aromatic N) is 1. The van der Waals surface area contributed by atoms with E-state index in [2.05, 4.69) is 5.32 Å². The van der Waals surface area contributed by atoms with Crippen LogP contribution < -0.4 is 10.0 Å². The summed E-state index contributed by atoms with van der Waals surface area (Å²) < 4.78 is 64.6. The van der Waals surface area contributed by atoms with Crippen LogP contribution in [0, 0.1) is 5.82 Å². The number of hydrogen-bond donors (Lipinski definition) is 2.